The second kappa shape index (κ2) is 8.16. The molecule has 24 heavy (non-hydrogen) atoms. The zero-order valence-corrected chi connectivity index (χ0v) is 14.8. The average molecular weight is 329 g/mol. The van der Waals surface area contributed by atoms with Crippen molar-refractivity contribution in [2.75, 3.05) is 19.6 Å². The lowest BCUT2D eigenvalue weighted by Crippen LogP contribution is -2.54. The lowest BCUT2D eigenvalue weighted by molar-refractivity contribution is -0.127. The van der Waals surface area contributed by atoms with Gasteiger partial charge in [0, 0.05) is 12.1 Å². The number of nitriles is 1. The Balaban J connectivity index is 1.83. The summed E-state index contributed by atoms with van der Waals surface area (Å²) >= 11 is 0. The number of rotatable bonds is 6. The summed E-state index contributed by atoms with van der Waals surface area (Å²) in [5.74, 6) is 0.469. The molecule has 1 amide bonds. The van der Waals surface area contributed by atoms with E-state index in [1.165, 1.54) is 19.3 Å². The maximum Gasteiger partial charge on any atom is 0.260 e. The van der Waals surface area contributed by atoms with Gasteiger partial charge in [0.25, 0.3) is 5.91 Å². The van der Waals surface area contributed by atoms with Gasteiger partial charge >= 0.3 is 0 Å². The number of benzene rings is 1. The highest BCUT2D eigenvalue weighted by Crippen LogP contribution is 2.20. The van der Waals surface area contributed by atoms with Crippen LogP contribution in [0.5, 0.6) is 5.75 Å². The predicted octanol–water partition coefficient (Wildman–Crippen LogP) is 2.71. The number of amides is 1. The van der Waals surface area contributed by atoms with Crippen molar-refractivity contribution in [2.45, 2.75) is 51.7 Å². The van der Waals surface area contributed by atoms with Crippen LogP contribution in [0, 0.1) is 11.3 Å². The van der Waals surface area contributed by atoms with Crippen molar-refractivity contribution in [3.63, 3.8) is 0 Å². The van der Waals surface area contributed by atoms with Crippen LogP contribution >= 0.6 is 0 Å². The summed E-state index contributed by atoms with van der Waals surface area (Å²) < 4.78 is 5.65. The second-order valence-electron chi connectivity index (χ2n) is 6.97. The Kier molecular flexibility index (Phi) is 6.22. The van der Waals surface area contributed by atoms with Crippen LogP contribution in [-0.2, 0) is 4.79 Å². The number of carbonyl (C=O) groups excluding carboxylic acids is 1. The minimum Gasteiger partial charge on any atom is -0.481 e. The summed E-state index contributed by atoms with van der Waals surface area (Å²) in [6, 6.07) is 8.84. The van der Waals surface area contributed by atoms with Crippen LogP contribution in [0.25, 0.3) is 0 Å². The van der Waals surface area contributed by atoms with E-state index in [4.69, 9.17) is 10.00 Å². The molecule has 130 valence electrons. The largest absolute Gasteiger partial charge is 0.481 e. The molecule has 0 spiro atoms. The number of ether oxygens (including phenoxy) is 1. The van der Waals surface area contributed by atoms with Crippen molar-refractivity contribution in [2.24, 2.45) is 0 Å². The summed E-state index contributed by atoms with van der Waals surface area (Å²) in [6.07, 6.45) is 3.19. The third-order valence-corrected chi connectivity index (χ3v) is 4.57. The molecular formula is C19H27N3O2. The maximum atomic E-state index is 12.3. The van der Waals surface area contributed by atoms with Crippen molar-refractivity contribution in [1.29, 1.82) is 5.26 Å². The minimum atomic E-state index is -0.574. The predicted molar refractivity (Wildman–Crippen MR) is 93.8 cm³/mol. The standard InChI is InChI=1S/C19H27N3O2/c1-15(24-17-9-7-16(13-20)8-10-17)18(23)21-14-19(2,3)22-11-5-4-6-12-22/h7-10,15H,4-6,11-12,14H2,1-3H3,(H,21,23). The third kappa shape index (κ3) is 4.97. The van der Waals surface area contributed by atoms with Gasteiger partial charge in [0.05, 0.1) is 11.6 Å². The van der Waals surface area contributed by atoms with Crippen molar-refractivity contribution < 1.29 is 9.53 Å². The second-order valence-corrected chi connectivity index (χ2v) is 6.97. The number of piperidine rings is 1. The Labute approximate surface area is 144 Å². The summed E-state index contributed by atoms with van der Waals surface area (Å²) in [7, 11) is 0. The van der Waals surface area contributed by atoms with Gasteiger partial charge in [-0.15, -0.1) is 0 Å². The molecule has 1 heterocycles. The van der Waals surface area contributed by atoms with E-state index in [2.05, 4.69) is 30.1 Å². The van der Waals surface area contributed by atoms with E-state index in [1.807, 2.05) is 0 Å². The monoisotopic (exact) mass is 329 g/mol. The molecule has 0 radical (unpaired) electrons. The van der Waals surface area contributed by atoms with Crippen LogP contribution in [0.15, 0.2) is 24.3 Å². The molecular weight excluding hydrogens is 302 g/mol. The SMILES string of the molecule is CC(Oc1ccc(C#N)cc1)C(=O)NCC(C)(C)N1CCCCC1. The summed E-state index contributed by atoms with van der Waals surface area (Å²) in [4.78, 5) is 14.7. The van der Waals surface area contributed by atoms with Crippen LogP contribution in [-0.4, -0.2) is 42.1 Å². The molecule has 1 fully saturated rings. The van der Waals surface area contributed by atoms with Gasteiger partial charge in [-0.2, -0.15) is 5.26 Å². The van der Waals surface area contributed by atoms with Gasteiger partial charge in [0.15, 0.2) is 6.10 Å². The zero-order valence-electron chi connectivity index (χ0n) is 14.8. The van der Waals surface area contributed by atoms with Crippen LogP contribution in [0.1, 0.15) is 45.6 Å². The van der Waals surface area contributed by atoms with Gasteiger partial charge in [-0.25, -0.2) is 0 Å². The topological polar surface area (TPSA) is 65.4 Å². The molecule has 1 unspecified atom stereocenters. The normalized spacial score (nSPS) is 16.9. The fraction of sp³-hybridized carbons (Fsp3) is 0.579. The summed E-state index contributed by atoms with van der Waals surface area (Å²) in [5, 5.41) is 11.8. The Morgan fingerprint density at radius 2 is 1.92 bits per heavy atom. The first-order valence-corrected chi connectivity index (χ1v) is 8.62. The molecule has 1 aliphatic rings. The number of likely N-dealkylation sites (tertiary alicyclic amines) is 1. The molecule has 0 aliphatic carbocycles. The summed E-state index contributed by atoms with van der Waals surface area (Å²) in [5.41, 5.74) is 0.521. The molecule has 1 saturated heterocycles. The van der Waals surface area contributed by atoms with E-state index in [0.29, 0.717) is 17.9 Å². The molecule has 1 aromatic carbocycles. The first-order valence-electron chi connectivity index (χ1n) is 8.62. The fourth-order valence-electron chi connectivity index (χ4n) is 2.92. The molecule has 0 aromatic heterocycles. The van der Waals surface area contributed by atoms with Gasteiger partial charge in [-0.05, 0) is 71.0 Å². The fourth-order valence-corrected chi connectivity index (χ4v) is 2.92. The van der Waals surface area contributed by atoms with Gasteiger partial charge < -0.3 is 10.1 Å². The number of hydrogen-bond acceptors (Lipinski definition) is 4. The average Bonchev–Trinajstić information content (AvgIpc) is 2.61. The number of hydrogen-bond donors (Lipinski definition) is 1. The highest BCUT2D eigenvalue weighted by Gasteiger charge is 2.29. The quantitative estimate of drug-likeness (QED) is 0.871. The first-order chi connectivity index (χ1) is 11.4. The lowest BCUT2D eigenvalue weighted by atomic mass is 9.98. The summed E-state index contributed by atoms with van der Waals surface area (Å²) in [6.45, 7) is 8.88. The lowest BCUT2D eigenvalue weighted by Gasteiger charge is -2.41. The van der Waals surface area contributed by atoms with Crippen molar-refractivity contribution in [1.82, 2.24) is 10.2 Å². The van der Waals surface area contributed by atoms with E-state index in [9.17, 15) is 4.79 Å². The van der Waals surface area contributed by atoms with Crippen LogP contribution in [0.2, 0.25) is 0 Å². The van der Waals surface area contributed by atoms with Gasteiger partial charge in [-0.1, -0.05) is 6.42 Å². The van der Waals surface area contributed by atoms with Crippen molar-refractivity contribution >= 4 is 5.91 Å². The molecule has 0 saturated carbocycles. The molecule has 5 heteroatoms. The molecule has 5 nitrogen and oxygen atoms in total. The van der Waals surface area contributed by atoms with E-state index in [-0.39, 0.29) is 11.4 Å². The van der Waals surface area contributed by atoms with E-state index in [0.717, 1.165) is 13.1 Å². The molecule has 2 rings (SSSR count). The van der Waals surface area contributed by atoms with Gasteiger partial charge in [0.2, 0.25) is 0 Å². The highest BCUT2D eigenvalue weighted by molar-refractivity contribution is 5.80. The highest BCUT2D eigenvalue weighted by atomic mass is 16.5. The Morgan fingerprint density at radius 1 is 1.29 bits per heavy atom. The Hall–Kier alpha value is -2.06. The molecule has 1 N–H and O–H groups in total. The van der Waals surface area contributed by atoms with Crippen LogP contribution in [0.4, 0.5) is 0 Å². The van der Waals surface area contributed by atoms with Gasteiger partial charge in [-0.3, -0.25) is 9.69 Å². The third-order valence-electron chi connectivity index (χ3n) is 4.57. The first kappa shape index (κ1) is 18.3. The minimum absolute atomic E-state index is 0.0513. The van der Waals surface area contributed by atoms with Crippen LogP contribution in [0.3, 0.4) is 0 Å². The molecule has 1 atom stereocenters. The number of nitrogens with zero attached hydrogens (tertiary/aromatic N) is 2. The zero-order chi connectivity index (χ0) is 17.6. The molecule has 1 aliphatic heterocycles. The number of carbonyl (C=O) groups is 1. The van der Waals surface area contributed by atoms with E-state index in [1.54, 1.807) is 31.2 Å². The number of nitrogens with one attached hydrogen (secondary N) is 1. The van der Waals surface area contributed by atoms with E-state index >= 15 is 0 Å². The van der Waals surface area contributed by atoms with Crippen molar-refractivity contribution in [3.8, 4) is 11.8 Å². The van der Waals surface area contributed by atoms with E-state index < -0.39 is 6.10 Å². The van der Waals surface area contributed by atoms with Crippen LogP contribution < -0.4 is 10.1 Å². The molecule has 1 aromatic rings. The maximum absolute atomic E-state index is 12.3. The van der Waals surface area contributed by atoms with Gasteiger partial charge in [0.1, 0.15) is 5.75 Å². The Bertz CT molecular complexity index is 584. The van der Waals surface area contributed by atoms with Crippen molar-refractivity contribution in [3.05, 3.63) is 29.8 Å². The smallest absolute Gasteiger partial charge is 0.260 e. The molecule has 0 bridgehead atoms. The Morgan fingerprint density at radius 3 is 2.50 bits per heavy atom.